The molecular weight excluding hydrogens is 244 g/mol. The Morgan fingerprint density at radius 1 is 1.05 bits per heavy atom. The lowest BCUT2D eigenvalue weighted by Crippen LogP contribution is -2.64. The van der Waals surface area contributed by atoms with Gasteiger partial charge in [0.05, 0.1) is 0 Å². The maximum absolute atomic E-state index is 3.89. The molecule has 1 saturated carbocycles. The van der Waals surface area contributed by atoms with Gasteiger partial charge in [0.2, 0.25) is 0 Å². The minimum atomic E-state index is 0.410. The van der Waals surface area contributed by atoms with Crippen molar-refractivity contribution in [2.24, 2.45) is 5.92 Å². The van der Waals surface area contributed by atoms with Gasteiger partial charge in [0.1, 0.15) is 0 Å². The zero-order chi connectivity index (χ0) is 14.4. The van der Waals surface area contributed by atoms with Crippen LogP contribution in [-0.2, 0) is 0 Å². The fraction of sp³-hybridized carbons (Fsp3) is 1.00. The zero-order valence-corrected chi connectivity index (χ0v) is 14.1. The normalized spacial score (nSPS) is 31.6. The number of nitrogens with one attached hydrogen (secondary N) is 1. The Labute approximate surface area is 126 Å². The smallest absolute Gasteiger partial charge is 0.0309 e. The Morgan fingerprint density at radius 3 is 2.45 bits per heavy atom. The molecule has 1 aliphatic heterocycles. The van der Waals surface area contributed by atoms with Gasteiger partial charge in [0, 0.05) is 24.7 Å². The van der Waals surface area contributed by atoms with E-state index >= 15 is 0 Å². The van der Waals surface area contributed by atoms with Gasteiger partial charge in [0.25, 0.3) is 0 Å². The molecule has 2 atom stereocenters. The number of hydrogen-bond donors (Lipinski definition) is 1. The van der Waals surface area contributed by atoms with E-state index in [1.165, 1.54) is 77.4 Å². The number of hydrogen-bond acceptors (Lipinski definition) is 2. The molecule has 1 heterocycles. The first kappa shape index (κ1) is 16.3. The minimum absolute atomic E-state index is 0.410. The van der Waals surface area contributed by atoms with Crippen LogP contribution in [0.15, 0.2) is 0 Å². The Bertz CT molecular complexity index is 275. The molecule has 2 rings (SSSR count). The minimum Gasteiger partial charge on any atom is -0.308 e. The van der Waals surface area contributed by atoms with Gasteiger partial charge in [-0.3, -0.25) is 4.90 Å². The standard InChI is InChI=1S/C18H36N2/c1-4-6-7-8-9-13-20-15-18(3,16-11-12-16)19-14-17(20)10-5-2/h16-17,19H,4-15H2,1-3H3. The van der Waals surface area contributed by atoms with Crippen molar-refractivity contribution in [3.05, 3.63) is 0 Å². The second kappa shape index (κ2) is 7.79. The maximum Gasteiger partial charge on any atom is 0.0309 e. The maximum atomic E-state index is 3.89. The molecule has 2 aliphatic rings. The Morgan fingerprint density at radius 2 is 1.80 bits per heavy atom. The first-order valence-electron chi connectivity index (χ1n) is 9.18. The number of nitrogens with zero attached hydrogens (tertiary/aromatic N) is 1. The third-order valence-electron chi connectivity index (χ3n) is 5.44. The predicted octanol–water partition coefficient (Wildman–Crippen LogP) is 4.20. The highest BCUT2D eigenvalue weighted by molar-refractivity contribution is 5.03. The summed E-state index contributed by atoms with van der Waals surface area (Å²) >= 11 is 0. The van der Waals surface area contributed by atoms with Gasteiger partial charge >= 0.3 is 0 Å². The van der Waals surface area contributed by atoms with Gasteiger partial charge in [-0.1, -0.05) is 46.0 Å². The molecule has 2 unspecified atom stereocenters. The summed E-state index contributed by atoms with van der Waals surface area (Å²) in [6.07, 6.45) is 12.6. The number of piperazine rings is 1. The van der Waals surface area contributed by atoms with Crippen LogP contribution in [-0.4, -0.2) is 36.1 Å². The average molecular weight is 281 g/mol. The summed E-state index contributed by atoms with van der Waals surface area (Å²) in [5.74, 6) is 0.952. The Balaban J connectivity index is 1.79. The van der Waals surface area contributed by atoms with Crippen molar-refractivity contribution in [2.45, 2.75) is 90.1 Å². The highest BCUT2D eigenvalue weighted by Crippen LogP contribution is 2.41. The van der Waals surface area contributed by atoms with Crippen molar-refractivity contribution in [3.63, 3.8) is 0 Å². The molecule has 2 fully saturated rings. The molecule has 0 amide bonds. The highest BCUT2D eigenvalue weighted by Gasteiger charge is 2.45. The highest BCUT2D eigenvalue weighted by atomic mass is 15.3. The number of rotatable bonds is 9. The third kappa shape index (κ3) is 4.46. The summed E-state index contributed by atoms with van der Waals surface area (Å²) in [7, 11) is 0. The van der Waals surface area contributed by atoms with Crippen LogP contribution in [0.3, 0.4) is 0 Å². The zero-order valence-electron chi connectivity index (χ0n) is 14.1. The summed E-state index contributed by atoms with van der Waals surface area (Å²) in [5, 5.41) is 3.89. The van der Waals surface area contributed by atoms with Crippen LogP contribution < -0.4 is 5.32 Å². The van der Waals surface area contributed by atoms with Gasteiger partial charge in [-0.2, -0.15) is 0 Å². The van der Waals surface area contributed by atoms with Crippen LogP contribution >= 0.6 is 0 Å². The third-order valence-corrected chi connectivity index (χ3v) is 5.44. The van der Waals surface area contributed by atoms with Crippen LogP contribution in [0, 0.1) is 5.92 Å². The van der Waals surface area contributed by atoms with Crippen molar-refractivity contribution >= 4 is 0 Å². The second-order valence-corrected chi connectivity index (χ2v) is 7.40. The molecule has 0 aromatic carbocycles. The van der Waals surface area contributed by atoms with E-state index in [1.807, 2.05) is 0 Å². The molecule has 0 radical (unpaired) electrons. The molecule has 0 spiro atoms. The second-order valence-electron chi connectivity index (χ2n) is 7.40. The van der Waals surface area contributed by atoms with E-state index in [0.717, 1.165) is 12.0 Å². The summed E-state index contributed by atoms with van der Waals surface area (Å²) < 4.78 is 0. The van der Waals surface area contributed by atoms with Crippen LogP contribution in [0.5, 0.6) is 0 Å². The van der Waals surface area contributed by atoms with Crippen LogP contribution in [0.25, 0.3) is 0 Å². The first-order chi connectivity index (χ1) is 9.69. The van der Waals surface area contributed by atoms with Crippen LogP contribution in [0.2, 0.25) is 0 Å². The van der Waals surface area contributed by atoms with Gasteiger partial charge in [-0.15, -0.1) is 0 Å². The lowest BCUT2D eigenvalue weighted by molar-refractivity contribution is 0.0686. The van der Waals surface area contributed by atoms with E-state index in [9.17, 15) is 0 Å². The molecule has 0 aromatic rings. The molecule has 20 heavy (non-hydrogen) atoms. The van der Waals surface area contributed by atoms with E-state index in [-0.39, 0.29) is 0 Å². The topological polar surface area (TPSA) is 15.3 Å². The average Bonchev–Trinajstić information content (AvgIpc) is 3.27. The molecule has 2 heteroatoms. The van der Waals surface area contributed by atoms with E-state index in [4.69, 9.17) is 0 Å². The molecule has 1 N–H and O–H groups in total. The van der Waals surface area contributed by atoms with Crippen LogP contribution in [0.1, 0.15) is 78.6 Å². The summed E-state index contributed by atoms with van der Waals surface area (Å²) in [4.78, 5) is 2.82. The fourth-order valence-electron chi connectivity index (χ4n) is 3.88. The van der Waals surface area contributed by atoms with E-state index in [0.29, 0.717) is 5.54 Å². The van der Waals surface area contributed by atoms with Crippen molar-refractivity contribution in [3.8, 4) is 0 Å². The monoisotopic (exact) mass is 280 g/mol. The van der Waals surface area contributed by atoms with E-state index in [1.54, 1.807) is 0 Å². The molecule has 118 valence electrons. The summed E-state index contributed by atoms with van der Waals surface area (Å²) in [6.45, 7) is 10.9. The number of unbranched alkanes of at least 4 members (excludes halogenated alkanes) is 4. The van der Waals surface area contributed by atoms with Gasteiger partial charge < -0.3 is 5.32 Å². The largest absolute Gasteiger partial charge is 0.308 e. The summed E-state index contributed by atoms with van der Waals surface area (Å²) in [5.41, 5.74) is 0.410. The van der Waals surface area contributed by atoms with Crippen molar-refractivity contribution < 1.29 is 0 Å². The first-order valence-corrected chi connectivity index (χ1v) is 9.18. The van der Waals surface area contributed by atoms with Crippen molar-refractivity contribution in [1.82, 2.24) is 10.2 Å². The molecule has 1 aliphatic carbocycles. The van der Waals surface area contributed by atoms with Crippen molar-refractivity contribution in [1.29, 1.82) is 0 Å². The van der Waals surface area contributed by atoms with Crippen LogP contribution in [0.4, 0.5) is 0 Å². The molecular formula is C18H36N2. The SMILES string of the molecule is CCCCCCCN1CC(C)(C2CC2)NCC1CCC. The van der Waals surface area contributed by atoms with Gasteiger partial charge in [-0.25, -0.2) is 0 Å². The fourth-order valence-corrected chi connectivity index (χ4v) is 3.88. The summed E-state index contributed by atoms with van der Waals surface area (Å²) in [6, 6.07) is 0.790. The van der Waals surface area contributed by atoms with Gasteiger partial charge in [0.15, 0.2) is 0 Å². The lowest BCUT2D eigenvalue weighted by atomic mass is 9.89. The molecule has 0 aromatic heterocycles. The quantitative estimate of drug-likeness (QED) is 0.637. The van der Waals surface area contributed by atoms with Gasteiger partial charge in [-0.05, 0) is 45.1 Å². The predicted molar refractivity (Wildman–Crippen MR) is 88.2 cm³/mol. The Kier molecular flexibility index (Phi) is 6.35. The Hall–Kier alpha value is -0.0800. The molecule has 0 bridgehead atoms. The molecule has 1 saturated heterocycles. The lowest BCUT2D eigenvalue weighted by Gasteiger charge is -2.47. The van der Waals surface area contributed by atoms with Crippen molar-refractivity contribution in [2.75, 3.05) is 19.6 Å². The van der Waals surface area contributed by atoms with E-state index < -0.39 is 0 Å². The molecule has 2 nitrogen and oxygen atoms in total. The van der Waals surface area contributed by atoms with E-state index in [2.05, 4.69) is 31.0 Å².